The van der Waals surface area contributed by atoms with E-state index in [9.17, 15) is 0 Å². The molecule has 16 heavy (non-hydrogen) atoms. The van der Waals surface area contributed by atoms with Crippen molar-refractivity contribution in [2.75, 3.05) is 7.11 Å². The van der Waals surface area contributed by atoms with Crippen molar-refractivity contribution in [3.05, 3.63) is 29.8 Å². The normalized spacial score (nSPS) is 18.6. The molecule has 88 valence electrons. The van der Waals surface area contributed by atoms with E-state index in [1.807, 2.05) is 12.1 Å². The predicted molar refractivity (Wildman–Crippen MR) is 71.4 cm³/mol. The number of halogens is 1. The lowest BCUT2D eigenvalue weighted by Gasteiger charge is -2.18. The third-order valence-electron chi connectivity index (χ3n) is 3.52. The van der Waals surface area contributed by atoms with Crippen molar-refractivity contribution >= 4 is 15.9 Å². The molecule has 1 unspecified atom stereocenters. The summed E-state index contributed by atoms with van der Waals surface area (Å²) in [6, 6.07) is 8.33. The molecule has 1 atom stereocenters. The minimum Gasteiger partial charge on any atom is -0.496 e. The number of benzene rings is 1. The Morgan fingerprint density at radius 1 is 1.31 bits per heavy atom. The molecule has 0 aromatic heterocycles. The van der Waals surface area contributed by atoms with Gasteiger partial charge >= 0.3 is 0 Å². The molecule has 1 nitrogen and oxygen atoms in total. The average molecular weight is 283 g/mol. The summed E-state index contributed by atoms with van der Waals surface area (Å²) in [5.74, 6) is 1.87. The smallest absolute Gasteiger partial charge is 0.122 e. The second kappa shape index (κ2) is 5.72. The molecule has 0 spiro atoms. The molecule has 2 heteroatoms. The number of hydrogen-bond donors (Lipinski definition) is 0. The summed E-state index contributed by atoms with van der Waals surface area (Å²) in [5, 5.41) is 0. The van der Waals surface area contributed by atoms with Crippen LogP contribution in [-0.2, 0) is 6.42 Å². The molecule has 1 aliphatic carbocycles. The maximum atomic E-state index is 5.39. The van der Waals surface area contributed by atoms with Gasteiger partial charge in [0.25, 0.3) is 0 Å². The van der Waals surface area contributed by atoms with Gasteiger partial charge in [-0.05, 0) is 36.8 Å². The summed E-state index contributed by atoms with van der Waals surface area (Å²) in [4.78, 5) is 0.603. The lowest BCUT2D eigenvalue weighted by molar-refractivity contribution is 0.407. The molecule has 1 saturated carbocycles. The zero-order valence-corrected chi connectivity index (χ0v) is 11.4. The predicted octanol–water partition coefficient (Wildman–Crippen LogP) is 4.19. The van der Waals surface area contributed by atoms with Gasteiger partial charge in [-0.3, -0.25) is 0 Å². The summed E-state index contributed by atoms with van der Waals surface area (Å²) in [7, 11) is 1.75. The molecule has 1 fully saturated rings. The summed E-state index contributed by atoms with van der Waals surface area (Å²) in [6.45, 7) is 0. The fourth-order valence-electron chi connectivity index (χ4n) is 2.57. The Kier molecular flexibility index (Phi) is 4.28. The van der Waals surface area contributed by atoms with Crippen LogP contribution >= 0.6 is 15.9 Å². The topological polar surface area (TPSA) is 9.23 Å². The van der Waals surface area contributed by atoms with E-state index in [1.165, 1.54) is 31.2 Å². The molecule has 2 rings (SSSR count). The zero-order chi connectivity index (χ0) is 11.4. The van der Waals surface area contributed by atoms with Crippen LogP contribution in [0.3, 0.4) is 0 Å². The Balaban J connectivity index is 2.01. The molecule has 0 saturated heterocycles. The molecule has 1 aliphatic rings. The van der Waals surface area contributed by atoms with Crippen molar-refractivity contribution < 1.29 is 4.74 Å². The van der Waals surface area contributed by atoms with Gasteiger partial charge in [0.2, 0.25) is 0 Å². The molecule has 1 aromatic rings. The van der Waals surface area contributed by atoms with Gasteiger partial charge in [0.05, 0.1) is 7.11 Å². The van der Waals surface area contributed by atoms with Crippen molar-refractivity contribution in [3.63, 3.8) is 0 Å². The fourth-order valence-corrected chi connectivity index (χ4v) is 3.44. The van der Waals surface area contributed by atoms with Crippen molar-refractivity contribution in [3.8, 4) is 5.75 Å². The van der Waals surface area contributed by atoms with Gasteiger partial charge in [-0.15, -0.1) is 0 Å². The minimum atomic E-state index is 0.603. The summed E-state index contributed by atoms with van der Waals surface area (Å²) in [5.41, 5.74) is 1.32. The number of ether oxygens (including phenoxy) is 1. The Morgan fingerprint density at radius 2 is 2.00 bits per heavy atom. The van der Waals surface area contributed by atoms with Crippen molar-refractivity contribution in [2.45, 2.75) is 36.9 Å². The molecular formula is C14H19BrO. The number of para-hydroxylation sites is 1. The van der Waals surface area contributed by atoms with Crippen LogP contribution in [0.1, 0.15) is 31.2 Å². The van der Waals surface area contributed by atoms with Crippen LogP contribution in [0.25, 0.3) is 0 Å². The number of hydrogen-bond acceptors (Lipinski definition) is 1. The van der Waals surface area contributed by atoms with E-state index in [-0.39, 0.29) is 0 Å². The van der Waals surface area contributed by atoms with Gasteiger partial charge in [-0.25, -0.2) is 0 Å². The second-order valence-corrected chi connectivity index (χ2v) is 5.75. The van der Waals surface area contributed by atoms with Crippen LogP contribution in [0.5, 0.6) is 5.75 Å². The quantitative estimate of drug-likeness (QED) is 0.753. The number of methoxy groups -OCH3 is 1. The fraction of sp³-hybridized carbons (Fsp3) is 0.571. The molecule has 0 N–H and O–H groups in total. The second-order valence-electron chi connectivity index (χ2n) is 4.58. The first-order valence-corrected chi connectivity index (χ1v) is 6.99. The minimum absolute atomic E-state index is 0.603. The highest BCUT2D eigenvalue weighted by Crippen LogP contribution is 2.34. The summed E-state index contributed by atoms with van der Waals surface area (Å²) in [6.07, 6.45) is 6.64. The van der Waals surface area contributed by atoms with Gasteiger partial charge in [0.15, 0.2) is 0 Å². The first kappa shape index (κ1) is 12.0. The van der Waals surface area contributed by atoms with Crippen LogP contribution in [0.4, 0.5) is 0 Å². The van der Waals surface area contributed by atoms with Gasteiger partial charge < -0.3 is 4.74 Å². The van der Waals surface area contributed by atoms with Crippen molar-refractivity contribution in [1.29, 1.82) is 0 Å². The monoisotopic (exact) mass is 282 g/mol. The highest BCUT2D eigenvalue weighted by atomic mass is 79.9. The number of rotatable bonds is 4. The molecule has 0 bridgehead atoms. The van der Waals surface area contributed by atoms with E-state index >= 15 is 0 Å². The first-order valence-electron chi connectivity index (χ1n) is 6.07. The molecule has 0 aliphatic heterocycles. The molecule has 0 radical (unpaired) electrons. The van der Waals surface area contributed by atoms with Gasteiger partial charge in [0.1, 0.15) is 5.75 Å². The molecule has 0 amide bonds. The van der Waals surface area contributed by atoms with E-state index < -0.39 is 0 Å². The Morgan fingerprint density at radius 3 is 2.69 bits per heavy atom. The van der Waals surface area contributed by atoms with Crippen LogP contribution in [0.15, 0.2) is 24.3 Å². The van der Waals surface area contributed by atoms with Crippen molar-refractivity contribution in [1.82, 2.24) is 0 Å². The number of alkyl halides is 1. The van der Waals surface area contributed by atoms with Crippen LogP contribution in [0.2, 0.25) is 0 Å². The van der Waals surface area contributed by atoms with Gasteiger partial charge in [-0.1, -0.05) is 47.0 Å². The average Bonchev–Trinajstić information content (AvgIpc) is 2.83. The van der Waals surface area contributed by atoms with Crippen molar-refractivity contribution in [2.24, 2.45) is 5.92 Å². The maximum absolute atomic E-state index is 5.39. The lowest BCUT2D eigenvalue weighted by Crippen LogP contribution is -2.14. The van der Waals surface area contributed by atoms with E-state index in [4.69, 9.17) is 4.74 Å². The standard InChI is InChI=1S/C14H19BrO/c1-16-14-9-5-4-8-12(14)10-13(15)11-6-2-3-7-11/h4-5,8-9,11,13H,2-3,6-7,10H2,1H3. The van der Waals surface area contributed by atoms with Crippen LogP contribution in [-0.4, -0.2) is 11.9 Å². The Labute approximate surface area is 106 Å². The largest absolute Gasteiger partial charge is 0.496 e. The maximum Gasteiger partial charge on any atom is 0.122 e. The molecule has 1 aromatic carbocycles. The third-order valence-corrected chi connectivity index (χ3v) is 4.59. The summed E-state index contributed by atoms with van der Waals surface area (Å²) >= 11 is 3.85. The van der Waals surface area contributed by atoms with Crippen LogP contribution < -0.4 is 4.74 Å². The Hall–Kier alpha value is -0.500. The lowest BCUT2D eigenvalue weighted by atomic mass is 9.97. The van der Waals surface area contributed by atoms with Gasteiger partial charge in [-0.2, -0.15) is 0 Å². The summed E-state index contributed by atoms with van der Waals surface area (Å²) < 4.78 is 5.39. The highest BCUT2D eigenvalue weighted by molar-refractivity contribution is 9.09. The molecule has 0 heterocycles. The third kappa shape index (κ3) is 2.79. The van der Waals surface area contributed by atoms with E-state index in [0.29, 0.717) is 4.83 Å². The Bertz CT molecular complexity index is 331. The first-order chi connectivity index (χ1) is 7.81. The zero-order valence-electron chi connectivity index (χ0n) is 9.79. The van der Waals surface area contributed by atoms with Gasteiger partial charge in [0, 0.05) is 4.83 Å². The molecular weight excluding hydrogens is 264 g/mol. The highest BCUT2D eigenvalue weighted by Gasteiger charge is 2.23. The van der Waals surface area contributed by atoms with E-state index in [2.05, 4.69) is 28.1 Å². The van der Waals surface area contributed by atoms with E-state index in [0.717, 1.165) is 18.1 Å². The van der Waals surface area contributed by atoms with E-state index in [1.54, 1.807) is 7.11 Å². The van der Waals surface area contributed by atoms with Crippen LogP contribution in [0, 0.1) is 5.92 Å². The SMILES string of the molecule is COc1ccccc1CC(Br)C1CCCC1.